The van der Waals surface area contributed by atoms with Crippen LogP contribution in [0.3, 0.4) is 0 Å². The molecule has 4 heteroatoms. The third-order valence-corrected chi connectivity index (χ3v) is 0. The molecular weight excluding hydrogens is 499 g/mol. The Bertz CT molecular complexity index is 3.25. The van der Waals surface area contributed by atoms with Crippen LogP contribution in [0.5, 0.6) is 0 Å². The third kappa shape index (κ3) is 26.1. The topological polar surface area (TPSA) is 0 Å². The predicted octanol–water partition coefficient (Wildman–Crippen LogP) is -8.99. The van der Waals surface area contributed by atoms with Crippen LogP contribution in [0.25, 0.3) is 0 Å². The third-order valence-electron chi connectivity index (χ3n) is 0. The molecule has 35 valence electrons. The normalized spacial score (nSPS) is 0. The molecule has 0 spiro atoms. The molecule has 0 aromatic carbocycles. The van der Waals surface area contributed by atoms with Crippen LogP contribution in [-0.2, 0) is 0 Å². The van der Waals surface area contributed by atoms with Gasteiger partial charge in [-0.15, -0.1) is 0 Å². The van der Waals surface area contributed by atoms with Gasteiger partial charge in [-0.05, 0) is 0 Å². The van der Waals surface area contributed by atoms with Gasteiger partial charge in [0, 0.05) is 0 Å². The summed E-state index contributed by atoms with van der Waals surface area (Å²) in [6.45, 7) is 0. The minimum absolute atomic E-state index is 0. The van der Waals surface area contributed by atoms with Crippen LogP contribution >= 0.6 is 0 Å². The van der Waals surface area contributed by atoms with Gasteiger partial charge in [0.1, 0.15) is 0 Å². The second kappa shape index (κ2) is 106. The van der Waals surface area contributed by atoms with E-state index in [9.17, 15) is 0 Å². The van der Waals surface area contributed by atoms with Gasteiger partial charge in [0.05, 0.1) is 0 Å². The average molecular weight is 499 g/mol. The van der Waals surface area contributed by atoms with Crippen molar-refractivity contribution in [3.63, 3.8) is 0 Å². The minimum atomic E-state index is 0. The smallest absolute Gasteiger partial charge is 1.00 e. The Morgan fingerprint density at radius 1 is 0.500 bits per heavy atom. The Morgan fingerprint density at radius 2 is 0.500 bits per heavy atom. The summed E-state index contributed by atoms with van der Waals surface area (Å²) in [5.74, 6) is 0. The van der Waals surface area contributed by atoms with Crippen molar-refractivity contribution in [1.29, 1.82) is 0 Å². The molecule has 0 bridgehead atoms. The molecule has 0 saturated heterocycles. The summed E-state index contributed by atoms with van der Waals surface area (Å²) in [5, 5.41) is 0. The fourth-order valence-corrected chi connectivity index (χ4v) is 0. The van der Waals surface area contributed by atoms with Crippen molar-refractivity contribution >= 4 is 0 Å². The number of rotatable bonds is 0. The molecule has 1 radical (unpaired) electrons. The summed E-state index contributed by atoms with van der Waals surface area (Å²) in [5.41, 5.74) is 0. The maximum atomic E-state index is 0. The fraction of sp³-hybridized carbons (Fsp3) is 0. The van der Waals surface area contributed by atoms with Gasteiger partial charge in [-0.25, -0.2) is 0 Å². The first kappa shape index (κ1) is 271. The van der Waals surface area contributed by atoms with Gasteiger partial charge in [0.2, 0.25) is 0 Å². The second-order valence-corrected chi connectivity index (χ2v) is 0. The quantitative estimate of drug-likeness (QED) is 0.311. The van der Waals surface area contributed by atoms with Crippen LogP contribution in [0.4, 0.5) is 0 Å². The van der Waals surface area contributed by atoms with E-state index in [2.05, 4.69) is 0 Å². The monoisotopic (exact) mass is 496 g/mol. The minimum Gasteiger partial charge on any atom is -1.00 e. The van der Waals surface area contributed by atoms with E-state index in [1.807, 2.05) is 0 Å². The van der Waals surface area contributed by atoms with E-state index < -0.39 is 0 Å². The molecule has 0 aliphatic rings. The van der Waals surface area contributed by atoms with Gasteiger partial charge in [0.25, 0.3) is 0 Å². The Hall–Kier alpha value is 0.440. The summed E-state index contributed by atoms with van der Waals surface area (Å²) in [7, 11) is 0. The number of hydrogen-bond acceptors (Lipinski definition) is 0. The number of halogens is 3. The van der Waals surface area contributed by atoms with Crippen molar-refractivity contribution in [3.8, 4) is 0 Å². The Balaban J connectivity index is 0. The molecule has 0 saturated carbocycles. The summed E-state index contributed by atoms with van der Waals surface area (Å²) in [6, 6.07) is 0. The zero-order valence-corrected chi connectivity index (χ0v) is 8.38. The molecule has 0 aliphatic carbocycles. The Kier molecular flexibility index (Phi) is 7180. The van der Waals surface area contributed by atoms with E-state index in [0.717, 1.165) is 0 Å². The first-order valence-corrected chi connectivity index (χ1v) is 0. The molecule has 0 atom stereocenters. The Morgan fingerprint density at radius 3 is 0.500 bits per heavy atom. The average Bonchev–Trinajstić information content (AvgIpc) is 0. The maximum absolute atomic E-state index is 0. The van der Waals surface area contributed by atoms with Gasteiger partial charge in [-0.3, -0.25) is 0 Å². The number of hydrogen-bond donors (Lipinski definition) is 0. The second-order valence-electron chi connectivity index (χ2n) is 0. The van der Waals surface area contributed by atoms with E-state index >= 15 is 0 Å². The van der Waals surface area contributed by atoms with Crippen molar-refractivity contribution in [2.45, 2.75) is 0 Å². The van der Waals surface area contributed by atoms with Gasteiger partial charge < -0.3 is 50.9 Å². The zero-order valence-electron chi connectivity index (χ0n) is 1.40. The zero-order chi connectivity index (χ0) is 0. The standard InChI is InChI=1S/3BrH.No/h3*1H;/q;;;+3/p-3. The summed E-state index contributed by atoms with van der Waals surface area (Å²) < 4.78 is 0. The van der Waals surface area contributed by atoms with Crippen LogP contribution in [-0.4, -0.2) is 0 Å². The fourth-order valence-electron chi connectivity index (χ4n) is 0. The van der Waals surface area contributed by atoms with Gasteiger partial charge in [0.15, 0.2) is 0 Å². The molecule has 0 nitrogen and oxygen atoms in total. The van der Waals surface area contributed by atoms with Crippen molar-refractivity contribution in [1.82, 2.24) is 0 Å². The van der Waals surface area contributed by atoms with Crippen LogP contribution in [0.15, 0.2) is 0 Å². The molecule has 0 aromatic rings. The van der Waals surface area contributed by atoms with E-state index in [1.54, 1.807) is 0 Å². The van der Waals surface area contributed by atoms with Gasteiger partial charge in [-0.1, -0.05) is 0 Å². The van der Waals surface area contributed by atoms with Gasteiger partial charge >= 0.3 is 0 Å². The molecule has 0 heterocycles. The molecular formula is Br3No. The molecule has 0 rings (SSSR count). The first-order valence-electron chi connectivity index (χ1n) is 0. The SMILES string of the molecule is [Br-].[Br-].[Br-].[No+3]. The van der Waals surface area contributed by atoms with Crippen LogP contribution in [0, 0.1) is 0 Å². The molecule has 0 aliphatic heterocycles. The van der Waals surface area contributed by atoms with E-state index in [4.69, 9.17) is 0 Å². The van der Waals surface area contributed by atoms with Crippen molar-refractivity contribution in [2.75, 3.05) is 0 Å². The molecule has 0 N–H and O–H groups in total. The van der Waals surface area contributed by atoms with Gasteiger partial charge in [-0.2, -0.15) is 0 Å². The molecule has 0 amide bonds. The van der Waals surface area contributed by atoms with Crippen LogP contribution < -0.4 is 50.9 Å². The van der Waals surface area contributed by atoms with E-state index in [0.29, 0.717) is 0 Å². The largest absolute Gasteiger partial charge is 3.00 e. The molecule has 0 aromatic heterocycles. The van der Waals surface area contributed by atoms with E-state index in [1.165, 1.54) is 0 Å². The summed E-state index contributed by atoms with van der Waals surface area (Å²) in [6.07, 6.45) is 0. The van der Waals surface area contributed by atoms with E-state index in [-0.39, 0.29) is 50.9 Å². The summed E-state index contributed by atoms with van der Waals surface area (Å²) in [4.78, 5) is 0. The predicted molar refractivity (Wildman–Crippen MR) is 0 cm³/mol. The van der Waals surface area contributed by atoms with Crippen molar-refractivity contribution < 1.29 is 50.9 Å². The van der Waals surface area contributed by atoms with Crippen LogP contribution in [0.2, 0.25) is 0 Å². The van der Waals surface area contributed by atoms with Crippen molar-refractivity contribution in [3.05, 3.63) is 0 Å². The molecule has 0 fully saturated rings. The van der Waals surface area contributed by atoms with Crippen molar-refractivity contribution in [2.24, 2.45) is 0 Å². The summed E-state index contributed by atoms with van der Waals surface area (Å²) >= 11 is 0. The first-order chi connectivity index (χ1) is 0. The maximum Gasteiger partial charge on any atom is 3.00 e. The van der Waals surface area contributed by atoms with Crippen LogP contribution in [0.1, 0.15) is 0 Å². The Labute approximate surface area is 50.9 Å². The molecule has 4 heavy (non-hydrogen) atoms. The molecule has 0 unspecified atom stereocenters.